The van der Waals surface area contributed by atoms with Gasteiger partial charge in [0, 0.05) is 22.7 Å². The summed E-state index contributed by atoms with van der Waals surface area (Å²) in [6, 6.07) is 33.4. The number of benzene rings is 4. The minimum Gasteiger partial charge on any atom is -0.324 e. The molecule has 1 spiro atoms. The quantitative estimate of drug-likeness (QED) is 0.363. The number of hydroxylamine groups is 2. The first-order chi connectivity index (χ1) is 17.5. The molecule has 5 nitrogen and oxygen atoms in total. The summed E-state index contributed by atoms with van der Waals surface area (Å²) in [4.78, 5) is 28.4. The molecule has 0 radical (unpaired) electrons. The topological polar surface area (TPSA) is 69.6 Å². The van der Waals surface area contributed by atoms with Gasteiger partial charge in [-0.15, -0.1) is 0 Å². The summed E-state index contributed by atoms with van der Waals surface area (Å²) >= 11 is 0. The van der Waals surface area contributed by atoms with Gasteiger partial charge in [0.25, 0.3) is 5.91 Å². The number of fused-ring (bicyclic) bond motifs is 2. The van der Waals surface area contributed by atoms with Crippen molar-refractivity contribution in [2.24, 2.45) is 5.92 Å². The van der Waals surface area contributed by atoms with Gasteiger partial charge in [0.05, 0.1) is 12.0 Å². The number of Topliss-reactive ketones (excluding diaryl/α,β-unsaturated/α-hetero) is 1. The molecule has 0 unspecified atom stereocenters. The molecule has 1 saturated heterocycles. The Hall–Kier alpha value is -4.06. The van der Waals surface area contributed by atoms with E-state index in [1.165, 1.54) is 0 Å². The van der Waals surface area contributed by atoms with E-state index in [1.54, 1.807) is 12.1 Å². The van der Waals surface area contributed by atoms with Gasteiger partial charge in [-0.05, 0) is 24.1 Å². The molecule has 1 amide bonds. The van der Waals surface area contributed by atoms with E-state index in [9.17, 15) is 14.8 Å². The molecule has 4 aromatic carbocycles. The molecule has 4 aromatic rings. The van der Waals surface area contributed by atoms with Crippen LogP contribution < -0.4 is 5.32 Å². The first-order valence-electron chi connectivity index (χ1n) is 12.1. The number of hydrogen-bond donors (Lipinski definition) is 2. The lowest BCUT2D eigenvalue weighted by Gasteiger charge is -2.34. The number of anilines is 1. The summed E-state index contributed by atoms with van der Waals surface area (Å²) in [5.74, 6) is -1.92. The van der Waals surface area contributed by atoms with Crippen molar-refractivity contribution in [1.29, 1.82) is 0 Å². The Morgan fingerprint density at radius 3 is 2.11 bits per heavy atom. The zero-order valence-electron chi connectivity index (χ0n) is 19.8. The summed E-state index contributed by atoms with van der Waals surface area (Å²) in [6.45, 7) is 2.01. The lowest BCUT2D eigenvalue weighted by molar-refractivity contribution is -0.188. The molecule has 6 rings (SSSR count). The normalized spacial score (nSPS) is 25.1. The molecule has 5 heteroatoms. The average molecular weight is 475 g/mol. The highest BCUT2D eigenvalue weighted by Gasteiger charge is 2.69. The summed E-state index contributed by atoms with van der Waals surface area (Å²) in [5, 5.41) is 16.2. The second-order valence-electron chi connectivity index (χ2n) is 9.61. The molecule has 4 atom stereocenters. The Morgan fingerprint density at radius 2 is 1.42 bits per heavy atom. The molecule has 2 heterocycles. The van der Waals surface area contributed by atoms with Gasteiger partial charge >= 0.3 is 0 Å². The van der Waals surface area contributed by atoms with Crippen LogP contribution in [0.25, 0.3) is 0 Å². The van der Waals surface area contributed by atoms with E-state index < -0.39 is 29.3 Å². The minimum absolute atomic E-state index is 0.176. The summed E-state index contributed by atoms with van der Waals surface area (Å²) in [5.41, 5.74) is 2.99. The monoisotopic (exact) mass is 474 g/mol. The van der Waals surface area contributed by atoms with Gasteiger partial charge < -0.3 is 10.5 Å². The van der Waals surface area contributed by atoms with Crippen LogP contribution in [-0.2, 0) is 10.3 Å². The van der Waals surface area contributed by atoms with Gasteiger partial charge in [0.15, 0.2) is 11.3 Å². The third-order valence-electron chi connectivity index (χ3n) is 7.65. The Bertz CT molecular complexity index is 1440. The fourth-order valence-electron chi connectivity index (χ4n) is 6.05. The molecular weight excluding hydrogens is 448 g/mol. The highest BCUT2D eigenvalue weighted by molar-refractivity contribution is 6.12. The fraction of sp³-hybridized carbons (Fsp3) is 0.161. The van der Waals surface area contributed by atoms with E-state index in [1.807, 2.05) is 104 Å². The van der Waals surface area contributed by atoms with Gasteiger partial charge in [-0.25, -0.2) is 0 Å². The summed E-state index contributed by atoms with van der Waals surface area (Å²) in [6.07, 6.45) is 0. The lowest BCUT2D eigenvalue weighted by atomic mass is 9.69. The smallest absolute Gasteiger partial charge is 0.252 e. The number of aryl methyl sites for hydroxylation is 1. The van der Waals surface area contributed by atoms with Crippen LogP contribution in [0, 0.1) is 12.8 Å². The van der Waals surface area contributed by atoms with Gasteiger partial charge in [-0.2, -0.15) is 5.06 Å². The molecule has 36 heavy (non-hydrogen) atoms. The molecule has 2 aliphatic rings. The first kappa shape index (κ1) is 22.4. The Kier molecular flexibility index (Phi) is 5.32. The van der Waals surface area contributed by atoms with Crippen LogP contribution >= 0.6 is 0 Å². The van der Waals surface area contributed by atoms with E-state index in [0.717, 1.165) is 21.8 Å². The minimum atomic E-state index is -1.58. The molecule has 2 N–H and O–H groups in total. The fourth-order valence-corrected chi connectivity index (χ4v) is 6.05. The molecule has 2 aliphatic heterocycles. The molecular formula is C31H26N2O3. The molecule has 178 valence electrons. The standard InChI is InChI=1S/C31H26N2O3/c1-20-16-18-22(19-17-20)28-26(21-10-4-2-5-11-21)27(29(34)23-12-6-3-7-13-23)31(33(28)36)24-14-8-9-15-25(24)32-30(31)35/h2-19,26-28,36H,1H3,(H,32,35)/t26-,27+,28+,31-/m1/s1. The molecule has 0 aromatic heterocycles. The number of carbonyl (C=O) groups is 2. The second-order valence-corrected chi connectivity index (χ2v) is 9.61. The predicted molar refractivity (Wildman–Crippen MR) is 138 cm³/mol. The van der Waals surface area contributed by atoms with Crippen molar-refractivity contribution in [3.63, 3.8) is 0 Å². The van der Waals surface area contributed by atoms with Crippen LogP contribution in [0.2, 0.25) is 0 Å². The van der Waals surface area contributed by atoms with Crippen LogP contribution in [0.4, 0.5) is 5.69 Å². The van der Waals surface area contributed by atoms with E-state index in [-0.39, 0.29) is 5.78 Å². The number of amides is 1. The number of hydrogen-bond acceptors (Lipinski definition) is 4. The predicted octanol–water partition coefficient (Wildman–Crippen LogP) is 5.87. The number of nitrogens with zero attached hydrogens (tertiary/aromatic N) is 1. The van der Waals surface area contributed by atoms with E-state index >= 15 is 0 Å². The van der Waals surface area contributed by atoms with E-state index in [2.05, 4.69) is 5.32 Å². The number of nitrogens with one attached hydrogen (secondary N) is 1. The summed E-state index contributed by atoms with van der Waals surface area (Å²) in [7, 11) is 0. The first-order valence-corrected chi connectivity index (χ1v) is 12.1. The Labute approximate surface area is 210 Å². The highest BCUT2D eigenvalue weighted by atomic mass is 16.5. The van der Waals surface area contributed by atoms with Crippen LogP contribution in [0.1, 0.15) is 44.6 Å². The lowest BCUT2D eigenvalue weighted by Crippen LogP contribution is -2.51. The van der Waals surface area contributed by atoms with Crippen molar-refractivity contribution in [3.8, 4) is 0 Å². The van der Waals surface area contributed by atoms with Gasteiger partial charge in [0.2, 0.25) is 0 Å². The summed E-state index contributed by atoms with van der Waals surface area (Å²) < 4.78 is 0. The highest BCUT2D eigenvalue weighted by Crippen LogP contribution is 2.62. The Balaban J connectivity index is 1.66. The molecule has 0 saturated carbocycles. The second kappa shape index (κ2) is 8.55. The maximum Gasteiger partial charge on any atom is 0.252 e. The third kappa shape index (κ3) is 3.17. The molecule has 0 aliphatic carbocycles. The largest absolute Gasteiger partial charge is 0.324 e. The average Bonchev–Trinajstić information content (AvgIpc) is 3.37. The SMILES string of the molecule is Cc1ccc([C@H]2[C@H](c3ccccc3)[C@@H](C(=O)c3ccccc3)[C@]3(C(=O)Nc4ccccc43)N2O)cc1. The van der Waals surface area contributed by atoms with E-state index in [0.29, 0.717) is 16.8 Å². The van der Waals surface area contributed by atoms with Crippen LogP contribution in [0.5, 0.6) is 0 Å². The molecule has 0 bridgehead atoms. The number of rotatable bonds is 4. The molecule has 1 fully saturated rings. The van der Waals surface area contributed by atoms with Crippen molar-refractivity contribution in [1.82, 2.24) is 5.06 Å². The number of ketones is 1. The zero-order chi connectivity index (χ0) is 24.9. The maximum absolute atomic E-state index is 14.4. The van der Waals surface area contributed by atoms with Crippen LogP contribution in [0.15, 0.2) is 109 Å². The maximum atomic E-state index is 14.4. The van der Waals surface area contributed by atoms with E-state index in [4.69, 9.17) is 0 Å². The van der Waals surface area contributed by atoms with Crippen molar-refractivity contribution >= 4 is 17.4 Å². The van der Waals surface area contributed by atoms with Gasteiger partial charge in [-0.1, -0.05) is 109 Å². The van der Waals surface area contributed by atoms with Crippen molar-refractivity contribution in [2.45, 2.75) is 24.4 Å². The van der Waals surface area contributed by atoms with Crippen LogP contribution in [-0.4, -0.2) is 22.0 Å². The Morgan fingerprint density at radius 1 is 0.806 bits per heavy atom. The van der Waals surface area contributed by atoms with Crippen LogP contribution in [0.3, 0.4) is 0 Å². The number of para-hydroxylation sites is 1. The van der Waals surface area contributed by atoms with Crippen molar-refractivity contribution in [2.75, 3.05) is 5.32 Å². The van der Waals surface area contributed by atoms with Crippen molar-refractivity contribution in [3.05, 3.63) is 137 Å². The van der Waals surface area contributed by atoms with Gasteiger partial charge in [-0.3, -0.25) is 9.59 Å². The van der Waals surface area contributed by atoms with Gasteiger partial charge in [0.1, 0.15) is 0 Å². The van der Waals surface area contributed by atoms with Crippen molar-refractivity contribution < 1.29 is 14.8 Å². The zero-order valence-corrected chi connectivity index (χ0v) is 19.8. The number of carbonyl (C=O) groups excluding carboxylic acids is 2. The third-order valence-corrected chi connectivity index (χ3v) is 7.65.